The fourth-order valence-electron chi connectivity index (χ4n) is 3.13. The molecule has 132 valence electrons. The molecule has 0 saturated carbocycles. The molecule has 1 N–H and O–H groups in total. The molecule has 2 nitrogen and oxygen atoms in total. The molecule has 1 amide bonds. The zero-order valence-electron chi connectivity index (χ0n) is 15.6. The molecule has 0 saturated heterocycles. The van der Waals surface area contributed by atoms with Crippen LogP contribution in [0.4, 0.5) is 0 Å². The van der Waals surface area contributed by atoms with Crippen molar-refractivity contribution in [3.05, 3.63) is 0 Å². The highest BCUT2D eigenvalue weighted by molar-refractivity contribution is 5.78. The standard InChI is InChI=1S/C20H41NO/c1-4-6-7-8-9-10-11-12-13-14-15-16-17-18-19(5-2)20(22)21-3/h19H,4-18H2,1-3H3,(H,21,22). The molecule has 0 aliphatic rings. The summed E-state index contributed by atoms with van der Waals surface area (Å²) in [7, 11) is 1.74. The lowest BCUT2D eigenvalue weighted by Crippen LogP contribution is -2.26. The smallest absolute Gasteiger partial charge is 0.222 e. The van der Waals surface area contributed by atoms with Crippen molar-refractivity contribution in [1.29, 1.82) is 0 Å². The SMILES string of the molecule is CCCCCCCCCCCCCCCC(CC)C(=O)NC. The zero-order chi connectivity index (χ0) is 16.5. The average molecular weight is 312 g/mol. The summed E-state index contributed by atoms with van der Waals surface area (Å²) in [4.78, 5) is 11.6. The van der Waals surface area contributed by atoms with Crippen molar-refractivity contribution in [3.8, 4) is 0 Å². The molecule has 1 atom stereocenters. The van der Waals surface area contributed by atoms with Crippen LogP contribution in [0, 0.1) is 5.92 Å². The van der Waals surface area contributed by atoms with Gasteiger partial charge in [0.05, 0.1) is 0 Å². The summed E-state index contributed by atoms with van der Waals surface area (Å²) in [6.45, 7) is 4.39. The van der Waals surface area contributed by atoms with E-state index in [1.54, 1.807) is 7.05 Å². The van der Waals surface area contributed by atoms with Crippen molar-refractivity contribution in [2.45, 2.75) is 110 Å². The van der Waals surface area contributed by atoms with Gasteiger partial charge in [0.15, 0.2) is 0 Å². The van der Waals surface area contributed by atoms with Crippen molar-refractivity contribution >= 4 is 5.91 Å². The highest BCUT2D eigenvalue weighted by Crippen LogP contribution is 2.16. The van der Waals surface area contributed by atoms with Crippen molar-refractivity contribution in [2.75, 3.05) is 7.05 Å². The van der Waals surface area contributed by atoms with Gasteiger partial charge in [-0.1, -0.05) is 97.3 Å². The molecular weight excluding hydrogens is 270 g/mol. The molecular formula is C20H41NO. The van der Waals surface area contributed by atoms with Gasteiger partial charge in [0.1, 0.15) is 0 Å². The summed E-state index contributed by atoms with van der Waals surface area (Å²) >= 11 is 0. The molecule has 0 bridgehead atoms. The van der Waals surface area contributed by atoms with Crippen molar-refractivity contribution in [2.24, 2.45) is 5.92 Å². The topological polar surface area (TPSA) is 29.1 Å². The second-order valence-corrected chi connectivity index (χ2v) is 6.75. The molecule has 0 aromatic carbocycles. The first kappa shape index (κ1) is 21.5. The quantitative estimate of drug-likeness (QED) is 0.336. The van der Waals surface area contributed by atoms with Crippen molar-refractivity contribution in [3.63, 3.8) is 0 Å². The lowest BCUT2D eigenvalue weighted by Gasteiger charge is -2.12. The van der Waals surface area contributed by atoms with Gasteiger partial charge in [0.25, 0.3) is 0 Å². The molecule has 2 heteroatoms. The number of rotatable bonds is 16. The van der Waals surface area contributed by atoms with Crippen LogP contribution in [-0.4, -0.2) is 13.0 Å². The number of hydrogen-bond acceptors (Lipinski definition) is 1. The van der Waals surface area contributed by atoms with E-state index in [0.29, 0.717) is 0 Å². The molecule has 0 heterocycles. The minimum Gasteiger partial charge on any atom is -0.359 e. The Morgan fingerprint density at radius 3 is 1.50 bits per heavy atom. The van der Waals surface area contributed by atoms with Gasteiger partial charge in [-0.3, -0.25) is 4.79 Å². The summed E-state index contributed by atoms with van der Waals surface area (Å²) in [5, 5.41) is 2.77. The van der Waals surface area contributed by atoms with E-state index in [1.165, 1.54) is 83.5 Å². The predicted octanol–water partition coefficient (Wildman–Crippen LogP) is 6.24. The van der Waals surface area contributed by atoms with Gasteiger partial charge in [-0.25, -0.2) is 0 Å². The van der Waals surface area contributed by atoms with Crippen LogP contribution in [0.3, 0.4) is 0 Å². The van der Waals surface area contributed by atoms with Gasteiger partial charge in [0.2, 0.25) is 5.91 Å². The number of nitrogens with one attached hydrogen (secondary N) is 1. The lowest BCUT2D eigenvalue weighted by molar-refractivity contribution is -0.124. The Bertz CT molecular complexity index is 240. The van der Waals surface area contributed by atoms with E-state index in [0.717, 1.165) is 12.8 Å². The second kappa shape index (κ2) is 16.8. The summed E-state index contributed by atoms with van der Waals surface area (Å²) in [5.41, 5.74) is 0. The monoisotopic (exact) mass is 311 g/mol. The Morgan fingerprint density at radius 1 is 0.727 bits per heavy atom. The molecule has 0 spiro atoms. The fraction of sp³-hybridized carbons (Fsp3) is 0.950. The maximum Gasteiger partial charge on any atom is 0.222 e. The summed E-state index contributed by atoms with van der Waals surface area (Å²) in [5.74, 6) is 0.458. The van der Waals surface area contributed by atoms with E-state index in [4.69, 9.17) is 0 Å². The first-order valence-electron chi connectivity index (χ1n) is 9.97. The van der Waals surface area contributed by atoms with E-state index in [-0.39, 0.29) is 11.8 Å². The first-order valence-corrected chi connectivity index (χ1v) is 9.97. The first-order chi connectivity index (χ1) is 10.8. The van der Waals surface area contributed by atoms with E-state index in [1.807, 2.05) is 0 Å². The van der Waals surface area contributed by atoms with E-state index < -0.39 is 0 Å². The molecule has 0 radical (unpaired) electrons. The van der Waals surface area contributed by atoms with Crippen LogP contribution < -0.4 is 5.32 Å². The maximum atomic E-state index is 11.6. The number of carbonyl (C=O) groups excluding carboxylic acids is 1. The Hall–Kier alpha value is -0.530. The van der Waals surface area contributed by atoms with Gasteiger partial charge in [-0.15, -0.1) is 0 Å². The second-order valence-electron chi connectivity index (χ2n) is 6.75. The third-order valence-corrected chi connectivity index (χ3v) is 4.77. The summed E-state index contributed by atoms with van der Waals surface area (Å²) in [6, 6.07) is 0. The van der Waals surface area contributed by atoms with Crippen LogP contribution in [0.1, 0.15) is 110 Å². The van der Waals surface area contributed by atoms with Gasteiger partial charge in [-0.05, 0) is 12.8 Å². The number of amides is 1. The van der Waals surface area contributed by atoms with Gasteiger partial charge in [0, 0.05) is 13.0 Å². The Balaban J connectivity index is 3.21. The number of carbonyl (C=O) groups is 1. The minimum absolute atomic E-state index is 0.224. The van der Waals surface area contributed by atoms with E-state index in [2.05, 4.69) is 19.2 Å². The maximum absolute atomic E-state index is 11.6. The number of hydrogen-bond donors (Lipinski definition) is 1. The van der Waals surface area contributed by atoms with Crippen LogP contribution in [0.5, 0.6) is 0 Å². The molecule has 1 unspecified atom stereocenters. The Labute approximate surface area is 139 Å². The molecule has 22 heavy (non-hydrogen) atoms. The van der Waals surface area contributed by atoms with Crippen LogP contribution in [0.25, 0.3) is 0 Å². The third kappa shape index (κ3) is 13.2. The Morgan fingerprint density at radius 2 is 1.14 bits per heavy atom. The van der Waals surface area contributed by atoms with E-state index >= 15 is 0 Å². The molecule has 0 aromatic heterocycles. The molecule has 0 aliphatic heterocycles. The molecule has 0 fully saturated rings. The Kier molecular flexibility index (Phi) is 16.4. The molecule has 0 rings (SSSR count). The fourth-order valence-corrected chi connectivity index (χ4v) is 3.13. The highest BCUT2D eigenvalue weighted by atomic mass is 16.1. The predicted molar refractivity (Wildman–Crippen MR) is 98.2 cm³/mol. The van der Waals surface area contributed by atoms with E-state index in [9.17, 15) is 4.79 Å². The molecule has 0 aliphatic carbocycles. The van der Waals surface area contributed by atoms with Gasteiger partial charge >= 0.3 is 0 Å². The largest absolute Gasteiger partial charge is 0.359 e. The van der Waals surface area contributed by atoms with Crippen LogP contribution in [-0.2, 0) is 4.79 Å². The van der Waals surface area contributed by atoms with Crippen molar-refractivity contribution < 1.29 is 4.79 Å². The van der Waals surface area contributed by atoms with Gasteiger partial charge in [-0.2, -0.15) is 0 Å². The lowest BCUT2D eigenvalue weighted by atomic mass is 9.97. The van der Waals surface area contributed by atoms with Crippen LogP contribution in [0.15, 0.2) is 0 Å². The summed E-state index contributed by atoms with van der Waals surface area (Å²) < 4.78 is 0. The van der Waals surface area contributed by atoms with Crippen LogP contribution >= 0.6 is 0 Å². The zero-order valence-corrected chi connectivity index (χ0v) is 15.6. The third-order valence-electron chi connectivity index (χ3n) is 4.77. The number of unbranched alkanes of at least 4 members (excludes halogenated alkanes) is 12. The summed E-state index contributed by atoms with van der Waals surface area (Å²) in [6.07, 6.45) is 20.1. The normalized spacial score (nSPS) is 12.3. The molecule has 0 aromatic rings. The van der Waals surface area contributed by atoms with Crippen LogP contribution in [0.2, 0.25) is 0 Å². The van der Waals surface area contributed by atoms with Crippen molar-refractivity contribution in [1.82, 2.24) is 5.32 Å². The highest BCUT2D eigenvalue weighted by Gasteiger charge is 2.13. The van der Waals surface area contributed by atoms with Gasteiger partial charge < -0.3 is 5.32 Å². The minimum atomic E-state index is 0.224. The average Bonchev–Trinajstić information content (AvgIpc) is 2.54.